The van der Waals surface area contributed by atoms with Crippen LogP contribution in [0, 0.1) is 12.8 Å². The van der Waals surface area contributed by atoms with Crippen LogP contribution in [0.15, 0.2) is 59.3 Å². The van der Waals surface area contributed by atoms with Crippen molar-refractivity contribution >= 4 is 17.8 Å². The number of nitrogens with zero attached hydrogens (tertiary/aromatic N) is 1. The minimum Gasteiger partial charge on any atom is -0.497 e. The second-order valence-corrected chi connectivity index (χ2v) is 7.49. The maximum Gasteiger partial charge on any atom is 0.366 e. The van der Waals surface area contributed by atoms with E-state index in [0.29, 0.717) is 11.5 Å². The molecule has 0 N–H and O–H groups in total. The number of methoxy groups -OCH3 is 1. The van der Waals surface area contributed by atoms with Gasteiger partial charge in [-0.15, -0.1) is 0 Å². The average Bonchev–Trinajstić information content (AvgIpc) is 2.74. The highest BCUT2D eigenvalue weighted by atomic mass is 16.7. The fraction of sp³-hybridized carbons (Fsp3) is 0.360. The van der Waals surface area contributed by atoms with Gasteiger partial charge in [0.05, 0.1) is 18.4 Å². The minimum absolute atomic E-state index is 0.322. The SMILES string of the molecule is CCCC1CCCC(=Cc2ccc(OC)cc2)C1=NOC(=O)c1ccccc1C. The molecule has 1 fully saturated rings. The molecule has 4 heteroatoms. The van der Waals surface area contributed by atoms with Gasteiger partial charge in [0.1, 0.15) is 5.75 Å². The van der Waals surface area contributed by atoms with Crippen LogP contribution in [-0.4, -0.2) is 18.8 Å². The fourth-order valence-electron chi connectivity index (χ4n) is 3.82. The van der Waals surface area contributed by atoms with Crippen LogP contribution in [0.1, 0.15) is 60.5 Å². The van der Waals surface area contributed by atoms with E-state index in [4.69, 9.17) is 9.57 Å². The van der Waals surface area contributed by atoms with Crippen LogP contribution in [-0.2, 0) is 4.84 Å². The van der Waals surface area contributed by atoms with Gasteiger partial charge in [-0.3, -0.25) is 0 Å². The Kier molecular flexibility index (Phi) is 7.23. The summed E-state index contributed by atoms with van der Waals surface area (Å²) in [6.07, 6.45) is 7.41. The van der Waals surface area contributed by atoms with Crippen molar-refractivity contribution in [3.8, 4) is 5.75 Å². The molecule has 1 unspecified atom stereocenters. The molecule has 1 aliphatic rings. The van der Waals surface area contributed by atoms with Gasteiger partial charge in [0.25, 0.3) is 0 Å². The predicted octanol–water partition coefficient (Wildman–Crippen LogP) is 6.20. The number of rotatable bonds is 6. The first-order valence-electron chi connectivity index (χ1n) is 10.3. The minimum atomic E-state index is -0.403. The summed E-state index contributed by atoms with van der Waals surface area (Å²) in [5.74, 6) is 0.754. The molecule has 0 amide bonds. The smallest absolute Gasteiger partial charge is 0.366 e. The maximum absolute atomic E-state index is 12.5. The zero-order valence-electron chi connectivity index (χ0n) is 17.5. The van der Waals surface area contributed by atoms with E-state index in [-0.39, 0.29) is 0 Å². The Bertz CT molecular complexity index is 895. The first-order valence-corrected chi connectivity index (χ1v) is 10.3. The summed E-state index contributed by atoms with van der Waals surface area (Å²) in [6.45, 7) is 4.08. The van der Waals surface area contributed by atoms with Crippen LogP contribution < -0.4 is 4.74 Å². The number of hydrogen-bond acceptors (Lipinski definition) is 4. The molecule has 1 atom stereocenters. The highest BCUT2D eigenvalue weighted by molar-refractivity contribution is 6.06. The molecule has 1 aliphatic carbocycles. The molecule has 1 saturated carbocycles. The summed E-state index contributed by atoms with van der Waals surface area (Å²) < 4.78 is 5.24. The topological polar surface area (TPSA) is 47.9 Å². The Morgan fingerprint density at radius 1 is 1.17 bits per heavy atom. The lowest BCUT2D eigenvalue weighted by molar-refractivity contribution is 0.0512. The summed E-state index contributed by atoms with van der Waals surface area (Å²) in [6, 6.07) is 15.4. The average molecular weight is 392 g/mol. The summed E-state index contributed by atoms with van der Waals surface area (Å²) in [7, 11) is 1.66. The lowest BCUT2D eigenvalue weighted by Crippen LogP contribution is -2.23. The van der Waals surface area contributed by atoms with Crippen LogP contribution in [0.4, 0.5) is 0 Å². The number of oxime groups is 1. The normalized spacial score (nSPS) is 19.3. The number of benzene rings is 2. The third kappa shape index (κ3) is 5.35. The molecule has 4 nitrogen and oxygen atoms in total. The van der Waals surface area contributed by atoms with Crippen molar-refractivity contribution < 1.29 is 14.4 Å². The molecule has 2 aromatic carbocycles. The van der Waals surface area contributed by atoms with Crippen molar-refractivity contribution in [2.24, 2.45) is 11.1 Å². The summed E-state index contributed by atoms with van der Waals surface area (Å²) in [5, 5.41) is 4.39. The van der Waals surface area contributed by atoms with E-state index in [2.05, 4.69) is 18.2 Å². The van der Waals surface area contributed by atoms with Crippen molar-refractivity contribution in [3.63, 3.8) is 0 Å². The molecular formula is C25H29NO3. The maximum atomic E-state index is 12.5. The van der Waals surface area contributed by atoms with Crippen LogP contribution in [0.2, 0.25) is 0 Å². The molecular weight excluding hydrogens is 362 g/mol. The molecule has 0 heterocycles. The number of carbonyl (C=O) groups is 1. The van der Waals surface area contributed by atoms with E-state index in [9.17, 15) is 4.79 Å². The Hall–Kier alpha value is -2.88. The highest BCUT2D eigenvalue weighted by Crippen LogP contribution is 2.31. The van der Waals surface area contributed by atoms with Crippen molar-refractivity contribution in [1.29, 1.82) is 0 Å². The van der Waals surface area contributed by atoms with E-state index in [0.717, 1.165) is 60.3 Å². The van der Waals surface area contributed by atoms with Crippen LogP contribution in [0.25, 0.3) is 6.08 Å². The van der Waals surface area contributed by atoms with Crippen LogP contribution >= 0.6 is 0 Å². The standard InChI is InChI=1S/C25H29NO3/c1-4-8-20-10-7-11-21(17-19-13-15-22(28-3)16-14-19)24(20)26-29-25(27)23-12-6-5-9-18(23)2/h5-6,9,12-17,20H,4,7-8,10-11H2,1-3H3. The third-order valence-corrected chi connectivity index (χ3v) is 5.40. The summed E-state index contributed by atoms with van der Waals surface area (Å²) >= 11 is 0. The summed E-state index contributed by atoms with van der Waals surface area (Å²) in [4.78, 5) is 18.0. The first-order chi connectivity index (χ1) is 14.1. The van der Waals surface area contributed by atoms with Gasteiger partial charge >= 0.3 is 5.97 Å². The molecule has 0 aromatic heterocycles. The van der Waals surface area contributed by atoms with Gasteiger partial charge in [-0.1, -0.05) is 48.8 Å². The second-order valence-electron chi connectivity index (χ2n) is 7.49. The van der Waals surface area contributed by atoms with Gasteiger partial charge in [0.2, 0.25) is 0 Å². The second kappa shape index (κ2) is 10.1. The first kappa shape index (κ1) is 20.8. The van der Waals surface area contributed by atoms with Crippen LogP contribution in [0.3, 0.4) is 0 Å². The Morgan fingerprint density at radius 2 is 1.93 bits per heavy atom. The van der Waals surface area contributed by atoms with Crippen molar-refractivity contribution in [2.75, 3.05) is 7.11 Å². The van der Waals surface area contributed by atoms with Gasteiger partial charge < -0.3 is 9.57 Å². The Labute approximate surface area is 173 Å². The molecule has 29 heavy (non-hydrogen) atoms. The Morgan fingerprint density at radius 3 is 2.62 bits per heavy atom. The van der Waals surface area contributed by atoms with Crippen molar-refractivity contribution in [3.05, 3.63) is 70.8 Å². The van der Waals surface area contributed by atoms with Crippen molar-refractivity contribution in [2.45, 2.75) is 46.0 Å². The monoisotopic (exact) mass is 391 g/mol. The molecule has 0 saturated heterocycles. The highest BCUT2D eigenvalue weighted by Gasteiger charge is 2.25. The lowest BCUT2D eigenvalue weighted by Gasteiger charge is -2.25. The number of aryl methyl sites for hydroxylation is 1. The predicted molar refractivity (Wildman–Crippen MR) is 117 cm³/mol. The molecule has 2 aromatic rings. The van der Waals surface area contributed by atoms with Crippen LogP contribution in [0.5, 0.6) is 5.75 Å². The zero-order chi connectivity index (χ0) is 20.6. The molecule has 152 valence electrons. The van der Waals surface area contributed by atoms with Gasteiger partial charge in [-0.05, 0) is 73.6 Å². The number of carbonyl (C=O) groups excluding carboxylic acids is 1. The van der Waals surface area contributed by atoms with E-state index < -0.39 is 5.97 Å². The molecule has 0 spiro atoms. The van der Waals surface area contributed by atoms with E-state index in [1.165, 1.54) is 0 Å². The molecule has 0 radical (unpaired) electrons. The van der Waals surface area contributed by atoms with Crippen molar-refractivity contribution in [1.82, 2.24) is 0 Å². The molecule has 0 aliphatic heterocycles. The molecule has 0 bridgehead atoms. The third-order valence-electron chi connectivity index (χ3n) is 5.40. The number of allylic oxidation sites excluding steroid dienone is 1. The number of ether oxygens (including phenoxy) is 1. The van der Waals surface area contributed by atoms with E-state index in [1.807, 2.05) is 49.4 Å². The van der Waals surface area contributed by atoms with E-state index in [1.54, 1.807) is 13.2 Å². The fourth-order valence-corrected chi connectivity index (χ4v) is 3.82. The quantitative estimate of drug-likeness (QED) is 0.435. The van der Waals surface area contributed by atoms with Gasteiger partial charge in [-0.25, -0.2) is 4.79 Å². The van der Waals surface area contributed by atoms with Gasteiger partial charge in [0, 0.05) is 5.92 Å². The van der Waals surface area contributed by atoms with Gasteiger partial charge in [0.15, 0.2) is 0 Å². The summed E-state index contributed by atoms with van der Waals surface area (Å²) in [5.41, 5.74) is 4.60. The number of hydrogen-bond donors (Lipinski definition) is 0. The zero-order valence-corrected chi connectivity index (χ0v) is 17.5. The molecule has 3 rings (SSSR count). The Balaban J connectivity index is 1.87. The lowest BCUT2D eigenvalue weighted by atomic mass is 9.80. The van der Waals surface area contributed by atoms with E-state index >= 15 is 0 Å². The van der Waals surface area contributed by atoms with Gasteiger partial charge in [-0.2, -0.15) is 0 Å². The largest absolute Gasteiger partial charge is 0.497 e.